The van der Waals surface area contributed by atoms with Crippen molar-refractivity contribution in [3.8, 4) is 51.2 Å². The molecule has 2 aromatic heterocycles. The lowest BCUT2D eigenvalue weighted by Crippen LogP contribution is -2.14. The first-order chi connectivity index (χ1) is 18.7. The molecule has 0 aliphatic heterocycles. The fourth-order valence-electron chi connectivity index (χ4n) is 3.92. The second-order valence-corrected chi connectivity index (χ2v) is 8.70. The molecule has 0 saturated carbocycles. The van der Waals surface area contributed by atoms with Gasteiger partial charge in [-0.05, 0) is 78.9 Å². The minimum absolute atomic E-state index is 0.0642. The summed E-state index contributed by atoms with van der Waals surface area (Å²) in [6.07, 6.45) is -4.79. The summed E-state index contributed by atoms with van der Waals surface area (Å²) in [5.41, 5.74) is 0.724. The molecule has 11 heteroatoms. The number of alkyl halides is 3. The molecule has 5 rings (SSSR count). The van der Waals surface area contributed by atoms with Gasteiger partial charge in [-0.1, -0.05) is 11.6 Å². The summed E-state index contributed by atoms with van der Waals surface area (Å²) in [6, 6.07) is 19.4. The van der Waals surface area contributed by atoms with Crippen LogP contribution in [0.5, 0.6) is 11.5 Å². The highest BCUT2D eigenvalue weighted by molar-refractivity contribution is 6.35. The summed E-state index contributed by atoms with van der Waals surface area (Å²) in [5.74, 6) is 0.283. The molecule has 2 heterocycles. The van der Waals surface area contributed by atoms with Crippen molar-refractivity contribution in [2.45, 2.75) is 6.18 Å². The predicted octanol–water partition coefficient (Wildman–Crippen LogP) is 7.49. The zero-order valence-corrected chi connectivity index (χ0v) is 21.3. The molecule has 0 fully saturated rings. The van der Waals surface area contributed by atoms with Gasteiger partial charge in [0.25, 0.3) is 5.95 Å². The van der Waals surface area contributed by atoms with Gasteiger partial charge < -0.3 is 9.47 Å². The van der Waals surface area contributed by atoms with Gasteiger partial charge in [0.2, 0.25) is 0 Å². The maximum atomic E-state index is 13.9. The van der Waals surface area contributed by atoms with Gasteiger partial charge in [0.1, 0.15) is 23.0 Å². The Balaban J connectivity index is 1.76. The molecule has 0 radical (unpaired) electrons. The van der Waals surface area contributed by atoms with Crippen LogP contribution in [0.25, 0.3) is 39.7 Å². The highest BCUT2D eigenvalue weighted by atomic mass is 35.5. The molecular weight excluding hydrogens is 536 g/mol. The van der Waals surface area contributed by atoms with Crippen molar-refractivity contribution in [2.75, 3.05) is 14.2 Å². The van der Waals surface area contributed by atoms with Crippen LogP contribution in [0.15, 0.2) is 78.9 Å². The summed E-state index contributed by atoms with van der Waals surface area (Å²) >= 11 is 6.83. The lowest BCUT2D eigenvalue weighted by Gasteiger charge is -2.13. The minimum Gasteiger partial charge on any atom is -0.497 e. The van der Waals surface area contributed by atoms with Crippen LogP contribution < -0.4 is 9.47 Å². The van der Waals surface area contributed by atoms with E-state index in [1.54, 1.807) is 48.5 Å². The second kappa shape index (κ2) is 10.4. The van der Waals surface area contributed by atoms with Gasteiger partial charge in [-0.3, -0.25) is 0 Å². The Morgan fingerprint density at radius 2 is 1.28 bits per heavy atom. The Morgan fingerprint density at radius 1 is 0.744 bits per heavy atom. The topological polar surface area (TPSA) is 62.1 Å². The molecule has 0 bridgehead atoms. The van der Waals surface area contributed by atoms with E-state index in [1.807, 2.05) is 0 Å². The average molecular weight is 555 g/mol. The summed E-state index contributed by atoms with van der Waals surface area (Å²) in [4.78, 5) is 8.18. The zero-order chi connectivity index (χ0) is 27.7. The molecule has 39 heavy (non-hydrogen) atoms. The van der Waals surface area contributed by atoms with Crippen molar-refractivity contribution >= 4 is 11.6 Å². The maximum absolute atomic E-state index is 13.9. The van der Waals surface area contributed by atoms with Crippen LogP contribution in [-0.4, -0.2) is 34.0 Å². The van der Waals surface area contributed by atoms with Crippen LogP contribution >= 0.6 is 11.6 Å². The van der Waals surface area contributed by atoms with Gasteiger partial charge in [0, 0.05) is 16.7 Å². The van der Waals surface area contributed by atoms with Crippen LogP contribution in [-0.2, 0) is 6.18 Å². The van der Waals surface area contributed by atoms with E-state index in [9.17, 15) is 17.6 Å². The number of rotatable bonds is 6. The molecule has 0 unspecified atom stereocenters. The van der Waals surface area contributed by atoms with Crippen molar-refractivity contribution in [3.63, 3.8) is 0 Å². The van der Waals surface area contributed by atoms with E-state index in [4.69, 9.17) is 21.1 Å². The fraction of sp³-hybridized carbons (Fsp3) is 0.107. The Kier molecular flexibility index (Phi) is 6.96. The van der Waals surface area contributed by atoms with E-state index in [2.05, 4.69) is 15.1 Å². The smallest absolute Gasteiger partial charge is 0.433 e. The van der Waals surface area contributed by atoms with E-state index >= 15 is 0 Å². The number of aromatic nitrogens is 4. The number of hydrogen-bond acceptors (Lipinski definition) is 5. The highest BCUT2D eigenvalue weighted by Crippen LogP contribution is 2.39. The SMILES string of the molecule is COc1ccc(-c2nn(-c3nc(-c4ccc(F)cc4)cc(C(F)(F)F)n3)c(-c3ccc(OC)cc3)c2Cl)cc1. The minimum atomic E-state index is -4.79. The molecular formula is C28H19ClF4N4O2. The molecule has 0 aliphatic carbocycles. The summed E-state index contributed by atoms with van der Waals surface area (Å²) < 4.78 is 66.9. The first-order valence-corrected chi connectivity index (χ1v) is 11.9. The van der Waals surface area contributed by atoms with Crippen molar-refractivity contribution < 1.29 is 27.0 Å². The highest BCUT2D eigenvalue weighted by Gasteiger charge is 2.35. The van der Waals surface area contributed by atoms with Gasteiger partial charge in [-0.25, -0.2) is 14.4 Å². The second-order valence-electron chi connectivity index (χ2n) is 8.32. The zero-order valence-electron chi connectivity index (χ0n) is 20.5. The van der Waals surface area contributed by atoms with Gasteiger partial charge in [-0.2, -0.15) is 23.0 Å². The van der Waals surface area contributed by atoms with Gasteiger partial charge in [-0.15, -0.1) is 0 Å². The first kappa shape index (κ1) is 26.2. The van der Waals surface area contributed by atoms with Crippen LogP contribution in [0.2, 0.25) is 5.02 Å². The van der Waals surface area contributed by atoms with Gasteiger partial charge >= 0.3 is 6.18 Å². The maximum Gasteiger partial charge on any atom is 0.433 e. The summed E-state index contributed by atoms with van der Waals surface area (Å²) in [5, 5.41) is 4.73. The lowest BCUT2D eigenvalue weighted by atomic mass is 10.1. The first-order valence-electron chi connectivity index (χ1n) is 11.5. The molecule has 0 N–H and O–H groups in total. The molecule has 198 valence electrons. The summed E-state index contributed by atoms with van der Waals surface area (Å²) in [7, 11) is 3.05. The number of benzene rings is 3. The molecule has 5 aromatic rings. The molecule has 0 spiro atoms. The van der Waals surface area contributed by atoms with E-state index in [1.165, 1.54) is 31.0 Å². The van der Waals surface area contributed by atoms with Gasteiger partial charge in [0.05, 0.1) is 30.6 Å². The lowest BCUT2D eigenvalue weighted by molar-refractivity contribution is -0.141. The number of halogens is 5. The van der Waals surface area contributed by atoms with Crippen LogP contribution in [0, 0.1) is 5.82 Å². The Morgan fingerprint density at radius 3 is 1.82 bits per heavy atom. The van der Waals surface area contributed by atoms with Crippen molar-refractivity contribution in [1.29, 1.82) is 0 Å². The van der Waals surface area contributed by atoms with E-state index in [0.29, 0.717) is 28.3 Å². The third kappa shape index (κ3) is 5.28. The van der Waals surface area contributed by atoms with Crippen molar-refractivity contribution in [2.24, 2.45) is 0 Å². The molecule has 0 saturated heterocycles. The summed E-state index contributed by atoms with van der Waals surface area (Å²) in [6.45, 7) is 0. The van der Waals surface area contributed by atoms with Crippen molar-refractivity contribution in [1.82, 2.24) is 19.7 Å². The quantitative estimate of drug-likeness (QED) is 0.203. The standard InChI is InChI=1S/C28H19ClF4N4O2/c1-38-20-11-5-17(6-12-20)25-24(29)26(18-7-13-21(39-2)14-8-18)37(36-25)27-34-22(15-23(35-27)28(31,32)33)16-3-9-19(30)10-4-16/h3-15H,1-2H3. The van der Waals surface area contributed by atoms with Crippen LogP contribution in [0.1, 0.15) is 5.69 Å². The normalized spacial score (nSPS) is 11.5. The number of nitrogens with zero attached hydrogens (tertiary/aromatic N) is 4. The molecule has 0 aliphatic rings. The third-order valence-corrected chi connectivity index (χ3v) is 6.25. The van der Waals surface area contributed by atoms with E-state index < -0.39 is 17.7 Å². The predicted molar refractivity (Wildman–Crippen MR) is 139 cm³/mol. The van der Waals surface area contributed by atoms with Crippen molar-refractivity contribution in [3.05, 3.63) is 95.4 Å². The average Bonchev–Trinajstić information content (AvgIpc) is 3.29. The van der Waals surface area contributed by atoms with Crippen LogP contribution in [0.4, 0.5) is 17.6 Å². The molecule has 6 nitrogen and oxygen atoms in total. The Labute approximate surface area is 225 Å². The molecule has 0 atom stereocenters. The van der Waals surface area contributed by atoms with Gasteiger partial charge in [0.15, 0.2) is 5.69 Å². The Bertz CT molecular complexity index is 1620. The monoisotopic (exact) mass is 554 g/mol. The number of hydrogen-bond donors (Lipinski definition) is 0. The van der Waals surface area contributed by atoms with E-state index in [0.717, 1.165) is 18.2 Å². The fourth-order valence-corrected chi connectivity index (χ4v) is 4.25. The number of ether oxygens (including phenoxy) is 2. The van der Waals surface area contributed by atoms with E-state index in [-0.39, 0.29) is 27.9 Å². The third-order valence-electron chi connectivity index (χ3n) is 5.89. The number of methoxy groups -OCH3 is 2. The molecule has 0 amide bonds. The Hall–Kier alpha value is -4.44. The largest absolute Gasteiger partial charge is 0.497 e. The molecule has 3 aromatic carbocycles. The van der Waals surface area contributed by atoms with Crippen LogP contribution in [0.3, 0.4) is 0 Å².